The molecule has 1 aromatic rings. The van der Waals surface area contributed by atoms with Crippen LogP contribution in [0.3, 0.4) is 0 Å². The van der Waals surface area contributed by atoms with Crippen LogP contribution in [0.2, 0.25) is 0 Å². The molecule has 1 aromatic carbocycles. The fourth-order valence-corrected chi connectivity index (χ4v) is 1.46. The van der Waals surface area contributed by atoms with Gasteiger partial charge < -0.3 is 10.4 Å². The Morgan fingerprint density at radius 2 is 1.94 bits per heavy atom. The number of carboxylic acids is 1. The molecule has 0 fully saturated rings. The highest BCUT2D eigenvalue weighted by atomic mass is 16.4. The molecule has 1 amide bonds. The second kappa shape index (κ2) is 5.48. The van der Waals surface area contributed by atoms with Crippen LogP contribution >= 0.6 is 0 Å². The standard InChI is InChI=1S/C13H17NO3/c1-4-11(13(16)17)14-12(15)10-6-5-8(2)9(3)7-10/h5-7,11H,4H2,1-3H3,(H,14,15)(H,16,17). The largest absolute Gasteiger partial charge is 0.480 e. The predicted octanol–water partition coefficient (Wildman–Crippen LogP) is 1.90. The van der Waals surface area contributed by atoms with E-state index in [0.29, 0.717) is 12.0 Å². The van der Waals surface area contributed by atoms with Crippen LogP contribution in [0.5, 0.6) is 0 Å². The van der Waals surface area contributed by atoms with Gasteiger partial charge in [-0.1, -0.05) is 13.0 Å². The minimum Gasteiger partial charge on any atom is -0.480 e. The van der Waals surface area contributed by atoms with E-state index in [-0.39, 0.29) is 5.91 Å². The number of carboxylic acid groups (broad SMARTS) is 1. The van der Waals surface area contributed by atoms with Gasteiger partial charge in [-0.2, -0.15) is 0 Å². The van der Waals surface area contributed by atoms with Crippen molar-refractivity contribution < 1.29 is 14.7 Å². The summed E-state index contributed by atoms with van der Waals surface area (Å²) in [6.07, 6.45) is 0.367. The fraction of sp³-hybridized carbons (Fsp3) is 0.385. The maximum absolute atomic E-state index is 11.8. The summed E-state index contributed by atoms with van der Waals surface area (Å²) >= 11 is 0. The number of rotatable bonds is 4. The number of carbonyl (C=O) groups is 2. The Morgan fingerprint density at radius 1 is 1.29 bits per heavy atom. The molecule has 0 saturated heterocycles. The number of benzene rings is 1. The number of aryl methyl sites for hydroxylation is 2. The molecule has 0 aliphatic heterocycles. The quantitative estimate of drug-likeness (QED) is 0.837. The monoisotopic (exact) mass is 235 g/mol. The van der Waals surface area contributed by atoms with E-state index < -0.39 is 12.0 Å². The third-order valence-electron chi connectivity index (χ3n) is 2.78. The minimum absolute atomic E-state index is 0.345. The maximum Gasteiger partial charge on any atom is 0.326 e. The Bertz CT molecular complexity index is 440. The summed E-state index contributed by atoms with van der Waals surface area (Å²) in [7, 11) is 0. The minimum atomic E-state index is -1.01. The highest BCUT2D eigenvalue weighted by Crippen LogP contribution is 2.10. The van der Waals surface area contributed by atoms with E-state index in [1.54, 1.807) is 19.1 Å². The lowest BCUT2D eigenvalue weighted by molar-refractivity contribution is -0.139. The molecular formula is C13H17NO3. The Morgan fingerprint density at radius 3 is 2.41 bits per heavy atom. The van der Waals surface area contributed by atoms with Gasteiger partial charge in [-0.3, -0.25) is 4.79 Å². The number of hydrogen-bond donors (Lipinski definition) is 2. The van der Waals surface area contributed by atoms with Crippen LogP contribution in [0.25, 0.3) is 0 Å². The molecule has 4 heteroatoms. The van der Waals surface area contributed by atoms with E-state index in [1.165, 1.54) is 0 Å². The Labute approximate surface area is 101 Å². The Hall–Kier alpha value is -1.84. The third-order valence-corrected chi connectivity index (χ3v) is 2.78. The van der Waals surface area contributed by atoms with Gasteiger partial charge in [-0.05, 0) is 43.5 Å². The molecule has 0 bridgehead atoms. The lowest BCUT2D eigenvalue weighted by atomic mass is 10.1. The van der Waals surface area contributed by atoms with E-state index in [1.807, 2.05) is 19.9 Å². The van der Waals surface area contributed by atoms with Gasteiger partial charge in [0, 0.05) is 5.56 Å². The second-order valence-corrected chi connectivity index (χ2v) is 4.07. The summed E-state index contributed by atoms with van der Waals surface area (Å²) in [4.78, 5) is 22.6. The van der Waals surface area contributed by atoms with Crippen molar-refractivity contribution in [1.82, 2.24) is 5.32 Å². The van der Waals surface area contributed by atoms with Gasteiger partial charge in [-0.25, -0.2) is 4.79 Å². The molecule has 0 aliphatic rings. The van der Waals surface area contributed by atoms with Crippen LogP contribution in [0.1, 0.15) is 34.8 Å². The molecule has 2 N–H and O–H groups in total. The normalized spacial score (nSPS) is 11.9. The first kappa shape index (κ1) is 13.2. The van der Waals surface area contributed by atoms with Gasteiger partial charge in [0.2, 0.25) is 0 Å². The number of amides is 1. The van der Waals surface area contributed by atoms with Gasteiger partial charge in [0.25, 0.3) is 5.91 Å². The van der Waals surface area contributed by atoms with Gasteiger partial charge in [0.15, 0.2) is 0 Å². The van der Waals surface area contributed by atoms with E-state index in [4.69, 9.17) is 5.11 Å². The maximum atomic E-state index is 11.8. The molecule has 0 spiro atoms. The van der Waals surface area contributed by atoms with Crippen molar-refractivity contribution >= 4 is 11.9 Å². The van der Waals surface area contributed by atoms with E-state index >= 15 is 0 Å². The molecule has 0 saturated carbocycles. The van der Waals surface area contributed by atoms with Crippen LogP contribution < -0.4 is 5.32 Å². The van der Waals surface area contributed by atoms with Crippen molar-refractivity contribution in [2.75, 3.05) is 0 Å². The first-order valence-corrected chi connectivity index (χ1v) is 5.56. The highest BCUT2D eigenvalue weighted by Gasteiger charge is 2.18. The molecule has 0 aromatic heterocycles. The zero-order chi connectivity index (χ0) is 13.0. The first-order chi connectivity index (χ1) is 7.95. The van der Waals surface area contributed by atoms with Crippen LogP contribution in [0.4, 0.5) is 0 Å². The SMILES string of the molecule is CCC(NC(=O)c1ccc(C)c(C)c1)C(=O)O. The van der Waals surface area contributed by atoms with Crippen molar-refractivity contribution in [2.45, 2.75) is 33.2 Å². The molecule has 17 heavy (non-hydrogen) atoms. The smallest absolute Gasteiger partial charge is 0.326 e. The topological polar surface area (TPSA) is 66.4 Å². The zero-order valence-corrected chi connectivity index (χ0v) is 10.3. The van der Waals surface area contributed by atoms with E-state index in [0.717, 1.165) is 11.1 Å². The summed E-state index contributed by atoms with van der Waals surface area (Å²) in [5.41, 5.74) is 2.61. The number of nitrogens with one attached hydrogen (secondary N) is 1. The zero-order valence-electron chi connectivity index (χ0n) is 10.3. The molecular weight excluding hydrogens is 218 g/mol. The molecule has 92 valence electrons. The van der Waals surface area contributed by atoms with Crippen LogP contribution in [0.15, 0.2) is 18.2 Å². The van der Waals surface area contributed by atoms with Crippen LogP contribution in [0, 0.1) is 13.8 Å². The summed E-state index contributed by atoms with van der Waals surface area (Å²) in [5.74, 6) is -1.35. The molecule has 0 heterocycles. The number of carbonyl (C=O) groups excluding carboxylic acids is 1. The molecule has 0 aliphatic carbocycles. The molecule has 1 atom stereocenters. The number of hydrogen-bond acceptors (Lipinski definition) is 2. The first-order valence-electron chi connectivity index (χ1n) is 5.56. The molecule has 4 nitrogen and oxygen atoms in total. The molecule has 1 unspecified atom stereocenters. The van der Waals surface area contributed by atoms with Gasteiger partial charge in [-0.15, -0.1) is 0 Å². The summed E-state index contributed by atoms with van der Waals surface area (Å²) in [5, 5.41) is 11.3. The summed E-state index contributed by atoms with van der Waals surface area (Å²) < 4.78 is 0. The predicted molar refractivity (Wildman–Crippen MR) is 65.1 cm³/mol. The van der Waals surface area contributed by atoms with Crippen molar-refractivity contribution in [1.29, 1.82) is 0 Å². The molecule has 0 radical (unpaired) electrons. The number of aliphatic carboxylic acids is 1. The van der Waals surface area contributed by atoms with Gasteiger partial charge in [0.1, 0.15) is 6.04 Å². The van der Waals surface area contributed by atoms with Crippen molar-refractivity contribution in [3.63, 3.8) is 0 Å². The third kappa shape index (κ3) is 3.31. The van der Waals surface area contributed by atoms with Gasteiger partial charge in [0.05, 0.1) is 0 Å². The Balaban J connectivity index is 2.82. The Kier molecular flexibility index (Phi) is 4.26. The lowest BCUT2D eigenvalue weighted by Crippen LogP contribution is -2.40. The van der Waals surface area contributed by atoms with Crippen LogP contribution in [-0.2, 0) is 4.79 Å². The summed E-state index contributed by atoms with van der Waals surface area (Å²) in [6.45, 7) is 5.60. The average Bonchev–Trinajstić information content (AvgIpc) is 2.28. The van der Waals surface area contributed by atoms with Crippen molar-refractivity contribution in [3.8, 4) is 0 Å². The fourth-order valence-electron chi connectivity index (χ4n) is 1.46. The lowest BCUT2D eigenvalue weighted by Gasteiger charge is -2.12. The van der Waals surface area contributed by atoms with Crippen molar-refractivity contribution in [3.05, 3.63) is 34.9 Å². The van der Waals surface area contributed by atoms with Crippen LogP contribution in [-0.4, -0.2) is 23.0 Å². The summed E-state index contributed by atoms with van der Waals surface area (Å²) in [6, 6.07) is 4.49. The second-order valence-electron chi connectivity index (χ2n) is 4.07. The van der Waals surface area contributed by atoms with E-state index in [2.05, 4.69) is 5.32 Å². The van der Waals surface area contributed by atoms with Crippen molar-refractivity contribution in [2.24, 2.45) is 0 Å². The molecule has 1 rings (SSSR count). The van der Waals surface area contributed by atoms with E-state index in [9.17, 15) is 9.59 Å². The van der Waals surface area contributed by atoms with Gasteiger partial charge >= 0.3 is 5.97 Å². The highest BCUT2D eigenvalue weighted by molar-refractivity contribution is 5.96. The average molecular weight is 235 g/mol.